The molecule has 2 aromatic rings. The van der Waals surface area contributed by atoms with Crippen molar-refractivity contribution < 1.29 is 19.2 Å². The van der Waals surface area contributed by atoms with Crippen molar-refractivity contribution in [3.05, 3.63) is 29.5 Å². The highest BCUT2D eigenvalue weighted by Crippen LogP contribution is 2.29. The molecule has 0 bridgehead atoms. The van der Waals surface area contributed by atoms with E-state index in [9.17, 15) is 9.59 Å². The predicted molar refractivity (Wildman–Crippen MR) is 100 cm³/mol. The van der Waals surface area contributed by atoms with Gasteiger partial charge in [-0.25, -0.2) is 4.79 Å². The molecule has 1 aromatic carbocycles. The number of fused-ring (bicyclic) bond motifs is 1. The Morgan fingerprint density at radius 2 is 2.04 bits per heavy atom. The molecule has 1 atom stereocenters. The third-order valence-electron chi connectivity index (χ3n) is 4.73. The number of hydrogen-bond acceptors (Lipinski definition) is 4. The van der Waals surface area contributed by atoms with Crippen molar-refractivity contribution in [2.45, 2.75) is 19.9 Å². The zero-order valence-electron chi connectivity index (χ0n) is 14.8. The lowest BCUT2D eigenvalue weighted by Crippen LogP contribution is -3.18. The van der Waals surface area contributed by atoms with Crippen LogP contribution in [-0.4, -0.2) is 54.6 Å². The number of nitrogens with one attached hydrogen (secondary N) is 3. The molecule has 6 nitrogen and oxygen atoms in total. The fourth-order valence-electron chi connectivity index (χ4n) is 3.17. The van der Waals surface area contributed by atoms with Gasteiger partial charge in [0.15, 0.2) is 6.04 Å². The number of esters is 1. The smallest absolute Gasteiger partial charge is 0.356 e. The fourth-order valence-corrected chi connectivity index (χ4v) is 4.19. The van der Waals surface area contributed by atoms with Crippen LogP contribution in [0, 0.1) is 6.92 Å². The van der Waals surface area contributed by atoms with Crippen molar-refractivity contribution >= 4 is 40.2 Å². The predicted octanol–water partition coefficient (Wildman–Crippen LogP) is 1.22. The molecule has 1 fully saturated rings. The van der Waals surface area contributed by atoms with Gasteiger partial charge in [-0.1, -0.05) is 11.6 Å². The van der Waals surface area contributed by atoms with E-state index in [0.717, 1.165) is 41.1 Å². The van der Waals surface area contributed by atoms with Gasteiger partial charge in [0.1, 0.15) is 5.69 Å². The summed E-state index contributed by atoms with van der Waals surface area (Å²) >= 11 is 1.93. The van der Waals surface area contributed by atoms with Crippen molar-refractivity contribution in [3.63, 3.8) is 0 Å². The molecule has 0 saturated carbocycles. The van der Waals surface area contributed by atoms with Crippen LogP contribution in [0.3, 0.4) is 0 Å². The summed E-state index contributed by atoms with van der Waals surface area (Å²) < 4.78 is 4.87. The summed E-state index contributed by atoms with van der Waals surface area (Å²) in [6, 6.07) is 5.66. The number of ether oxygens (including phenoxy) is 1. The van der Waals surface area contributed by atoms with Gasteiger partial charge in [-0.05, 0) is 26.0 Å². The lowest BCUT2D eigenvalue weighted by atomic mass is 10.1. The van der Waals surface area contributed by atoms with Gasteiger partial charge in [-0.3, -0.25) is 4.79 Å². The maximum absolute atomic E-state index is 12.8. The summed E-state index contributed by atoms with van der Waals surface area (Å²) in [5.74, 6) is 1.59. The Balaban J connectivity index is 1.91. The lowest BCUT2D eigenvalue weighted by Gasteiger charge is -2.28. The molecule has 1 amide bonds. The Bertz CT molecular complexity index is 796. The zero-order valence-corrected chi connectivity index (χ0v) is 15.6. The molecule has 0 aliphatic carbocycles. The monoisotopic (exact) mass is 362 g/mol. The number of aryl methyl sites for hydroxylation is 1. The molecule has 0 spiro atoms. The van der Waals surface area contributed by atoms with Crippen molar-refractivity contribution in [1.29, 1.82) is 0 Å². The van der Waals surface area contributed by atoms with Gasteiger partial charge in [0.25, 0.3) is 5.91 Å². The number of aromatic nitrogens is 1. The SMILES string of the molecule is COC(=O)c1[nH]c2ccc(C)cc2c1NC(=O)[C@@H](C)[NH+]1CCSCC1. The summed E-state index contributed by atoms with van der Waals surface area (Å²) in [5.41, 5.74) is 2.65. The highest BCUT2D eigenvalue weighted by atomic mass is 32.2. The Hall–Kier alpha value is -1.99. The van der Waals surface area contributed by atoms with Crippen molar-refractivity contribution in [2.75, 3.05) is 37.0 Å². The molecule has 0 unspecified atom stereocenters. The third-order valence-corrected chi connectivity index (χ3v) is 5.72. The number of amides is 1. The van der Waals surface area contributed by atoms with Crippen LogP contribution >= 0.6 is 11.8 Å². The number of methoxy groups -OCH3 is 1. The van der Waals surface area contributed by atoms with Crippen LogP contribution in [-0.2, 0) is 9.53 Å². The van der Waals surface area contributed by atoms with Gasteiger partial charge < -0.3 is 19.9 Å². The number of aromatic amines is 1. The quantitative estimate of drug-likeness (QED) is 0.715. The van der Waals surface area contributed by atoms with Crippen molar-refractivity contribution in [2.24, 2.45) is 0 Å². The second kappa shape index (κ2) is 7.49. The van der Waals surface area contributed by atoms with Gasteiger partial charge >= 0.3 is 5.97 Å². The van der Waals surface area contributed by atoms with Crippen molar-refractivity contribution in [3.8, 4) is 0 Å². The molecule has 25 heavy (non-hydrogen) atoms. The van der Waals surface area contributed by atoms with Crippen LogP contribution < -0.4 is 10.2 Å². The van der Waals surface area contributed by atoms with E-state index in [1.807, 2.05) is 43.8 Å². The number of carbonyl (C=O) groups excluding carboxylic acids is 2. The Labute approximate surface area is 151 Å². The molecule has 3 N–H and O–H groups in total. The second-order valence-electron chi connectivity index (χ2n) is 6.40. The Morgan fingerprint density at radius 3 is 2.72 bits per heavy atom. The Morgan fingerprint density at radius 1 is 1.32 bits per heavy atom. The van der Waals surface area contributed by atoms with Gasteiger partial charge in [0, 0.05) is 22.4 Å². The van der Waals surface area contributed by atoms with Crippen LogP contribution in [0.4, 0.5) is 5.69 Å². The van der Waals surface area contributed by atoms with Gasteiger partial charge in [-0.15, -0.1) is 0 Å². The molecule has 3 rings (SSSR count). The number of carbonyl (C=O) groups is 2. The average Bonchev–Trinajstić information content (AvgIpc) is 2.98. The molecule has 1 aliphatic heterocycles. The molecule has 1 aromatic heterocycles. The number of quaternary nitrogens is 1. The summed E-state index contributed by atoms with van der Waals surface area (Å²) in [6.45, 7) is 5.89. The first-order chi connectivity index (χ1) is 12.0. The maximum atomic E-state index is 12.8. The van der Waals surface area contributed by atoms with Crippen LogP contribution in [0.15, 0.2) is 18.2 Å². The largest absolute Gasteiger partial charge is 0.464 e. The van der Waals surface area contributed by atoms with Gasteiger partial charge in [0.05, 0.1) is 25.9 Å². The molecule has 1 aliphatic rings. The Kier molecular flexibility index (Phi) is 5.34. The molecule has 7 heteroatoms. The normalized spacial score (nSPS) is 16.6. The lowest BCUT2D eigenvalue weighted by molar-refractivity contribution is -0.910. The average molecular weight is 362 g/mol. The van der Waals surface area contributed by atoms with Crippen LogP contribution in [0.2, 0.25) is 0 Å². The number of rotatable bonds is 4. The molecule has 1 saturated heterocycles. The van der Waals surface area contributed by atoms with Crippen molar-refractivity contribution in [1.82, 2.24) is 4.98 Å². The van der Waals surface area contributed by atoms with E-state index < -0.39 is 5.97 Å². The summed E-state index contributed by atoms with van der Waals surface area (Å²) in [7, 11) is 1.34. The number of thioether (sulfide) groups is 1. The summed E-state index contributed by atoms with van der Waals surface area (Å²) in [5, 5.41) is 3.80. The number of benzene rings is 1. The van der Waals surface area contributed by atoms with E-state index in [2.05, 4.69) is 10.3 Å². The number of hydrogen-bond donors (Lipinski definition) is 3. The van der Waals surface area contributed by atoms with Crippen LogP contribution in [0.1, 0.15) is 23.0 Å². The van der Waals surface area contributed by atoms with E-state index in [-0.39, 0.29) is 17.6 Å². The number of anilines is 1. The highest BCUT2D eigenvalue weighted by molar-refractivity contribution is 7.99. The van der Waals surface area contributed by atoms with Crippen LogP contribution in [0.5, 0.6) is 0 Å². The van der Waals surface area contributed by atoms with E-state index in [4.69, 9.17) is 4.74 Å². The molecule has 2 heterocycles. The third kappa shape index (κ3) is 3.67. The fraction of sp³-hybridized carbons (Fsp3) is 0.444. The molecule has 134 valence electrons. The molecular weight excluding hydrogens is 338 g/mol. The second-order valence-corrected chi connectivity index (χ2v) is 7.62. The first-order valence-electron chi connectivity index (χ1n) is 8.45. The van der Waals surface area contributed by atoms with E-state index in [1.54, 1.807) is 0 Å². The van der Waals surface area contributed by atoms with E-state index in [0.29, 0.717) is 5.69 Å². The minimum atomic E-state index is -0.487. The summed E-state index contributed by atoms with van der Waals surface area (Å²) in [4.78, 5) is 29.3. The summed E-state index contributed by atoms with van der Waals surface area (Å²) in [6.07, 6.45) is 0. The van der Waals surface area contributed by atoms with E-state index in [1.165, 1.54) is 12.0 Å². The zero-order chi connectivity index (χ0) is 18.0. The van der Waals surface area contributed by atoms with Gasteiger partial charge in [-0.2, -0.15) is 11.8 Å². The first-order valence-corrected chi connectivity index (χ1v) is 9.60. The van der Waals surface area contributed by atoms with Crippen LogP contribution in [0.25, 0.3) is 10.9 Å². The van der Waals surface area contributed by atoms with Gasteiger partial charge in [0.2, 0.25) is 0 Å². The minimum absolute atomic E-state index is 0.0746. The first kappa shape index (κ1) is 17.8. The molecule has 0 radical (unpaired) electrons. The highest BCUT2D eigenvalue weighted by Gasteiger charge is 2.29. The standard InChI is InChI=1S/C18H23N3O3S/c1-11-4-5-14-13(10-11)15(16(19-14)18(23)24-3)20-17(22)12(2)21-6-8-25-9-7-21/h4-5,10,12,19H,6-9H2,1-3H3,(H,20,22)/p+1/t12-/m1/s1. The molecular formula is C18H24N3O3S+. The topological polar surface area (TPSA) is 75.6 Å². The minimum Gasteiger partial charge on any atom is -0.464 e. The number of H-pyrrole nitrogens is 1. The maximum Gasteiger partial charge on any atom is 0.356 e. The van der Waals surface area contributed by atoms with E-state index >= 15 is 0 Å².